The van der Waals surface area contributed by atoms with E-state index in [4.69, 9.17) is 0 Å². The van der Waals surface area contributed by atoms with Gasteiger partial charge in [-0.2, -0.15) is 18.0 Å². The number of aromatic nitrogens is 4. The zero-order valence-corrected chi connectivity index (χ0v) is 15.2. The lowest BCUT2D eigenvalue weighted by atomic mass is 10.0. The van der Waals surface area contributed by atoms with Gasteiger partial charge in [0.15, 0.2) is 0 Å². The average Bonchev–Trinajstić information content (AvgIpc) is 3.39. The second-order valence-electron chi connectivity index (χ2n) is 7.16. The summed E-state index contributed by atoms with van der Waals surface area (Å²) in [5.74, 6) is -0.0441. The monoisotopic (exact) mass is 391 g/mol. The highest BCUT2D eigenvalue weighted by molar-refractivity contribution is 5.78. The highest BCUT2D eigenvalue weighted by Gasteiger charge is 2.35. The van der Waals surface area contributed by atoms with E-state index in [9.17, 15) is 18.0 Å². The summed E-state index contributed by atoms with van der Waals surface area (Å²) >= 11 is 0. The molecule has 6 nitrogen and oxygen atoms in total. The van der Waals surface area contributed by atoms with Gasteiger partial charge in [0.25, 0.3) is 5.91 Å². The van der Waals surface area contributed by atoms with Gasteiger partial charge in [-0.15, -0.1) is 10.2 Å². The molecule has 0 saturated heterocycles. The molecule has 0 radical (unpaired) electrons. The minimum Gasteiger partial charge on any atom is -0.312 e. The molecule has 4 rings (SSSR count). The summed E-state index contributed by atoms with van der Waals surface area (Å²) in [6.07, 6.45) is 3.75. The number of rotatable bonds is 5. The number of halogens is 3. The average molecular weight is 391 g/mol. The zero-order valence-electron chi connectivity index (χ0n) is 15.2. The van der Waals surface area contributed by atoms with Crippen LogP contribution < -0.4 is 0 Å². The molecule has 0 N–H and O–H groups in total. The molecule has 2 aromatic rings. The van der Waals surface area contributed by atoms with E-state index >= 15 is 0 Å². The van der Waals surface area contributed by atoms with Crippen LogP contribution in [0.1, 0.15) is 44.1 Å². The van der Waals surface area contributed by atoms with Crippen molar-refractivity contribution in [3.8, 4) is 11.4 Å². The van der Waals surface area contributed by atoms with Crippen molar-refractivity contribution < 1.29 is 18.0 Å². The second kappa shape index (κ2) is 7.37. The summed E-state index contributed by atoms with van der Waals surface area (Å²) < 4.78 is 38.7. The van der Waals surface area contributed by atoms with Gasteiger partial charge in [-0.25, -0.2) is 0 Å². The quantitative estimate of drug-likeness (QED) is 0.778. The summed E-state index contributed by atoms with van der Waals surface area (Å²) in [6, 6.07) is 4.99. The largest absolute Gasteiger partial charge is 0.416 e. The number of tetrazole rings is 1. The van der Waals surface area contributed by atoms with Gasteiger partial charge in [0.1, 0.15) is 6.54 Å². The Balaban J connectivity index is 1.50. The Hall–Kier alpha value is -2.71. The third-order valence-electron chi connectivity index (χ3n) is 4.93. The normalized spacial score (nSPS) is 17.3. The highest BCUT2D eigenvalue weighted by Crippen LogP contribution is 2.34. The Morgan fingerprint density at radius 3 is 2.75 bits per heavy atom. The fraction of sp³-hybridized carbons (Fsp3) is 0.474. The van der Waals surface area contributed by atoms with Crippen molar-refractivity contribution in [2.45, 2.75) is 57.3 Å². The molecule has 0 atom stereocenters. The molecule has 1 amide bonds. The summed E-state index contributed by atoms with van der Waals surface area (Å²) in [5.41, 5.74) is 0.501. The molecule has 0 aliphatic heterocycles. The molecule has 28 heavy (non-hydrogen) atoms. The van der Waals surface area contributed by atoms with Crippen LogP contribution in [0, 0.1) is 0 Å². The first-order valence-corrected chi connectivity index (χ1v) is 9.38. The fourth-order valence-electron chi connectivity index (χ4n) is 3.43. The lowest BCUT2D eigenvalue weighted by Gasteiger charge is -2.27. The lowest BCUT2D eigenvalue weighted by Crippen LogP contribution is -2.36. The van der Waals surface area contributed by atoms with E-state index in [1.54, 1.807) is 0 Å². The first kappa shape index (κ1) is 18.6. The van der Waals surface area contributed by atoms with Crippen LogP contribution in [-0.2, 0) is 17.5 Å². The van der Waals surface area contributed by atoms with E-state index in [0.29, 0.717) is 0 Å². The Morgan fingerprint density at radius 1 is 1.25 bits per heavy atom. The zero-order chi connectivity index (χ0) is 19.7. The Morgan fingerprint density at radius 2 is 2.07 bits per heavy atom. The number of carbonyl (C=O) groups excluding carboxylic acids is 1. The maximum absolute atomic E-state index is 12.9. The first-order valence-electron chi connectivity index (χ1n) is 9.38. The number of hydrogen-bond acceptors (Lipinski definition) is 4. The number of allylic oxidation sites excluding steroid dienone is 2. The Bertz CT molecular complexity index is 901. The van der Waals surface area contributed by atoms with Crippen molar-refractivity contribution in [3.05, 3.63) is 41.6 Å². The number of hydrogen-bond donors (Lipinski definition) is 0. The predicted octanol–water partition coefficient (Wildman–Crippen LogP) is 3.81. The van der Waals surface area contributed by atoms with E-state index in [1.807, 2.05) is 4.90 Å². The smallest absolute Gasteiger partial charge is 0.312 e. The van der Waals surface area contributed by atoms with Gasteiger partial charge in [-0.1, -0.05) is 18.2 Å². The summed E-state index contributed by atoms with van der Waals surface area (Å²) in [4.78, 5) is 15.8. The molecule has 0 unspecified atom stereocenters. The van der Waals surface area contributed by atoms with Crippen LogP contribution >= 0.6 is 0 Å². The van der Waals surface area contributed by atoms with Gasteiger partial charge < -0.3 is 4.90 Å². The molecule has 1 fully saturated rings. The van der Waals surface area contributed by atoms with Crippen LogP contribution in [0.5, 0.6) is 0 Å². The van der Waals surface area contributed by atoms with Crippen LogP contribution in [0.2, 0.25) is 0 Å². The fourth-order valence-corrected chi connectivity index (χ4v) is 3.43. The topological polar surface area (TPSA) is 63.9 Å². The molecular weight excluding hydrogens is 371 g/mol. The van der Waals surface area contributed by atoms with Crippen LogP contribution in [0.15, 0.2) is 36.0 Å². The summed E-state index contributed by atoms with van der Waals surface area (Å²) in [7, 11) is 0. The predicted molar refractivity (Wildman–Crippen MR) is 94.7 cm³/mol. The molecule has 1 saturated carbocycles. The summed E-state index contributed by atoms with van der Waals surface area (Å²) in [5, 5.41) is 11.8. The molecule has 2 aliphatic carbocycles. The molecule has 0 spiro atoms. The minimum absolute atomic E-state index is 0.0637. The Kier molecular flexibility index (Phi) is 4.91. The molecule has 2 aliphatic rings. The SMILES string of the molecule is O=C(Cn1nnc(-c2cccc(C(F)(F)F)c2)n1)N(C1=CCCCC1)C1CC1. The Labute approximate surface area is 160 Å². The maximum Gasteiger partial charge on any atom is 0.416 e. The molecule has 1 heterocycles. The van der Waals surface area contributed by atoms with Crippen molar-refractivity contribution in [2.24, 2.45) is 0 Å². The third kappa shape index (κ3) is 4.07. The molecule has 1 aromatic carbocycles. The number of benzene rings is 1. The van der Waals surface area contributed by atoms with Gasteiger partial charge >= 0.3 is 6.18 Å². The van der Waals surface area contributed by atoms with E-state index in [0.717, 1.165) is 61.2 Å². The number of nitrogens with zero attached hydrogens (tertiary/aromatic N) is 5. The highest BCUT2D eigenvalue weighted by atomic mass is 19.4. The number of amides is 1. The van der Waals surface area contributed by atoms with E-state index < -0.39 is 11.7 Å². The molecule has 0 bridgehead atoms. The third-order valence-corrected chi connectivity index (χ3v) is 4.93. The van der Waals surface area contributed by atoms with Crippen molar-refractivity contribution in [3.63, 3.8) is 0 Å². The number of alkyl halides is 3. The van der Waals surface area contributed by atoms with E-state index in [1.165, 1.54) is 12.1 Å². The van der Waals surface area contributed by atoms with Gasteiger partial charge in [0, 0.05) is 17.3 Å². The lowest BCUT2D eigenvalue weighted by molar-refractivity contribution is -0.137. The van der Waals surface area contributed by atoms with Crippen LogP contribution in [0.3, 0.4) is 0 Å². The van der Waals surface area contributed by atoms with Crippen molar-refractivity contribution in [1.29, 1.82) is 0 Å². The molecular formula is C19H20F3N5O. The van der Waals surface area contributed by atoms with Crippen molar-refractivity contribution in [1.82, 2.24) is 25.1 Å². The van der Waals surface area contributed by atoms with Gasteiger partial charge in [-0.3, -0.25) is 4.79 Å². The van der Waals surface area contributed by atoms with Crippen molar-refractivity contribution in [2.75, 3.05) is 0 Å². The minimum atomic E-state index is -4.44. The van der Waals surface area contributed by atoms with Crippen LogP contribution in [-0.4, -0.2) is 37.1 Å². The van der Waals surface area contributed by atoms with Gasteiger partial charge in [0.2, 0.25) is 5.82 Å². The van der Waals surface area contributed by atoms with Crippen LogP contribution in [0.4, 0.5) is 13.2 Å². The first-order chi connectivity index (χ1) is 13.4. The van der Waals surface area contributed by atoms with Crippen molar-refractivity contribution >= 4 is 5.91 Å². The van der Waals surface area contributed by atoms with E-state index in [-0.39, 0.29) is 29.9 Å². The summed E-state index contributed by atoms with van der Waals surface area (Å²) in [6.45, 7) is -0.0835. The maximum atomic E-state index is 12.9. The second-order valence-corrected chi connectivity index (χ2v) is 7.16. The standard InChI is InChI=1S/C19H20F3N5O/c20-19(21,22)14-6-4-5-13(11-14)18-23-25-26(24-18)12-17(28)27(16-9-10-16)15-7-2-1-3-8-15/h4-7,11,16H,1-3,8-10,12H2. The molecule has 1 aromatic heterocycles. The van der Waals surface area contributed by atoms with E-state index in [2.05, 4.69) is 21.5 Å². The molecule has 148 valence electrons. The number of carbonyl (C=O) groups is 1. The molecule has 9 heteroatoms. The van der Waals surface area contributed by atoms with Gasteiger partial charge in [0.05, 0.1) is 5.56 Å². The van der Waals surface area contributed by atoms with Crippen LogP contribution in [0.25, 0.3) is 11.4 Å². The van der Waals surface area contributed by atoms with Gasteiger partial charge in [-0.05, 0) is 55.9 Å².